The van der Waals surface area contributed by atoms with Crippen molar-refractivity contribution < 1.29 is 9.53 Å². The zero-order chi connectivity index (χ0) is 17.6. The van der Waals surface area contributed by atoms with Gasteiger partial charge in [0.2, 0.25) is 0 Å². The van der Waals surface area contributed by atoms with E-state index in [1.54, 1.807) is 12.1 Å². The van der Waals surface area contributed by atoms with Crippen LogP contribution in [-0.4, -0.2) is 17.7 Å². The topological polar surface area (TPSA) is 74.5 Å². The lowest BCUT2D eigenvalue weighted by Crippen LogP contribution is -2.19. The van der Waals surface area contributed by atoms with Crippen LogP contribution in [0.5, 0.6) is 5.75 Å². The number of ether oxygens (including phenoxy) is 1. The van der Waals surface area contributed by atoms with Crippen molar-refractivity contribution in [3.63, 3.8) is 0 Å². The summed E-state index contributed by atoms with van der Waals surface area (Å²) >= 11 is 1.28. The van der Waals surface area contributed by atoms with E-state index in [0.29, 0.717) is 15.8 Å². The Kier molecular flexibility index (Phi) is 5.17. The summed E-state index contributed by atoms with van der Waals surface area (Å²) in [5, 5.41) is 12.0. The summed E-state index contributed by atoms with van der Waals surface area (Å²) in [5.74, 6) is 0.362. The number of benzene rings is 2. The number of amidine groups is 1. The molecule has 2 aromatic carbocycles. The number of para-hydroxylation sites is 1. The van der Waals surface area contributed by atoms with Gasteiger partial charge in [-0.05, 0) is 48.5 Å². The number of carbonyl (C=O) groups is 1. The molecular weight excluding hydrogens is 334 g/mol. The largest absolute Gasteiger partial charge is 0.478 e. The first-order chi connectivity index (χ1) is 12.2. The van der Waals surface area contributed by atoms with Crippen LogP contribution in [0, 0.1) is 18.3 Å². The molecule has 0 aromatic heterocycles. The van der Waals surface area contributed by atoms with E-state index in [1.807, 2.05) is 55.5 Å². The van der Waals surface area contributed by atoms with Gasteiger partial charge in [-0.25, -0.2) is 4.99 Å². The lowest BCUT2D eigenvalue weighted by atomic mass is 10.2. The van der Waals surface area contributed by atoms with Crippen molar-refractivity contribution in [1.82, 2.24) is 5.32 Å². The van der Waals surface area contributed by atoms with E-state index >= 15 is 0 Å². The number of rotatable bonds is 4. The molecule has 0 bridgehead atoms. The van der Waals surface area contributed by atoms with Crippen molar-refractivity contribution >= 4 is 34.6 Å². The fourth-order valence-electron chi connectivity index (χ4n) is 2.28. The molecule has 0 aliphatic carbocycles. The standard InChI is InChI=1S/C19H15N3O2S/c1-13-5-4-7-15(11-13)21-19-22-18(23)17(25-19)12-14-6-2-3-8-16(14)24-10-9-20/h2-8,11-12H,10H2,1H3,(H,21,22,23)/b17-12+. The van der Waals surface area contributed by atoms with Gasteiger partial charge < -0.3 is 10.1 Å². The second-order valence-electron chi connectivity index (χ2n) is 5.31. The molecule has 0 atom stereocenters. The molecule has 1 aliphatic heterocycles. The third kappa shape index (κ3) is 4.28. The molecule has 0 spiro atoms. The van der Waals surface area contributed by atoms with Crippen molar-refractivity contribution in [3.05, 3.63) is 64.6 Å². The zero-order valence-corrected chi connectivity index (χ0v) is 14.3. The number of aliphatic imine (C=N–C) groups is 1. The number of hydrogen-bond donors (Lipinski definition) is 1. The first kappa shape index (κ1) is 16.8. The Hall–Kier alpha value is -3.04. The van der Waals surface area contributed by atoms with Crippen LogP contribution in [0.2, 0.25) is 0 Å². The summed E-state index contributed by atoms with van der Waals surface area (Å²) in [6.07, 6.45) is 1.74. The lowest BCUT2D eigenvalue weighted by Gasteiger charge is -2.05. The number of carbonyl (C=O) groups excluding carboxylic acids is 1. The Labute approximate surface area is 150 Å². The molecule has 1 amide bonds. The van der Waals surface area contributed by atoms with Crippen molar-refractivity contribution in [2.24, 2.45) is 4.99 Å². The second kappa shape index (κ2) is 7.69. The van der Waals surface area contributed by atoms with Crippen LogP contribution >= 0.6 is 11.8 Å². The monoisotopic (exact) mass is 349 g/mol. The highest BCUT2D eigenvalue weighted by Gasteiger charge is 2.24. The van der Waals surface area contributed by atoms with Gasteiger partial charge in [0, 0.05) is 5.56 Å². The molecule has 1 saturated heterocycles. The first-order valence-electron chi connectivity index (χ1n) is 7.61. The molecule has 25 heavy (non-hydrogen) atoms. The van der Waals surface area contributed by atoms with Gasteiger partial charge in [-0.3, -0.25) is 4.79 Å². The Bertz CT molecular complexity index is 913. The van der Waals surface area contributed by atoms with E-state index in [-0.39, 0.29) is 12.5 Å². The summed E-state index contributed by atoms with van der Waals surface area (Å²) < 4.78 is 5.39. The van der Waals surface area contributed by atoms with Gasteiger partial charge in [-0.1, -0.05) is 30.3 Å². The predicted molar refractivity (Wildman–Crippen MR) is 99.5 cm³/mol. The fourth-order valence-corrected chi connectivity index (χ4v) is 3.11. The van der Waals surface area contributed by atoms with E-state index < -0.39 is 0 Å². The molecule has 1 aliphatic rings. The average molecular weight is 349 g/mol. The number of hydrogen-bond acceptors (Lipinski definition) is 5. The number of nitrogens with one attached hydrogen (secondary N) is 1. The summed E-state index contributed by atoms with van der Waals surface area (Å²) in [6.45, 7) is 1.95. The van der Waals surface area contributed by atoms with Crippen molar-refractivity contribution in [2.75, 3.05) is 6.61 Å². The average Bonchev–Trinajstić information content (AvgIpc) is 2.93. The minimum absolute atomic E-state index is 0.0421. The highest BCUT2D eigenvalue weighted by Crippen LogP contribution is 2.30. The maximum atomic E-state index is 12.2. The van der Waals surface area contributed by atoms with E-state index in [2.05, 4.69) is 10.3 Å². The molecule has 1 fully saturated rings. The van der Waals surface area contributed by atoms with Crippen LogP contribution in [0.25, 0.3) is 6.08 Å². The maximum Gasteiger partial charge on any atom is 0.264 e. The van der Waals surface area contributed by atoms with Crippen LogP contribution < -0.4 is 10.1 Å². The van der Waals surface area contributed by atoms with Gasteiger partial charge in [0.25, 0.3) is 5.91 Å². The smallest absolute Gasteiger partial charge is 0.264 e. The SMILES string of the molecule is Cc1cccc(N=C2NC(=O)/C(=C\c3ccccc3OCC#N)S2)c1. The lowest BCUT2D eigenvalue weighted by molar-refractivity contribution is -0.115. The molecule has 5 nitrogen and oxygen atoms in total. The molecule has 6 heteroatoms. The number of aryl methyl sites for hydroxylation is 1. The Morgan fingerprint density at radius 3 is 2.92 bits per heavy atom. The third-order valence-electron chi connectivity index (χ3n) is 3.38. The van der Waals surface area contributed by atoms with E-state index in [4.69, 9.17) is 10.00 Å². The predicted octanol–water partition coefficient (Wildman–Crippen LogP) is 3.79. The molecule has 0 radical (unpaired) electrons. The molecule has 3 rings (SSSR count). The molecule has 2 aromatic rings. The minimum atomic E-state index is -0.202. The van der Waals surface area contributed by atoms with Crippen LogP contribution in [0.3, 0.4) is 0 Å². The van der Waals surface area contributed by atoms with Crippen LogP contribution in [0.4, 0.5) is 5.69 Å². The minimum Gasteiger partial charge on any atom is -0.478 e. The summed E-state index contributed by atoms with van der Waals surface area (Å²) in [4.78, 5) is 17.2. The number of nitriles is 1. The third-order valence-corrected chi connectivity index (χ3v) is 4.29. The molecular formula is C19H15N3O2S. The molecule has 0 saturated carbocycles. The van der Waals surface area contributed by atoms with Gasteiger partial charge in [0.1, 0.15) is 11.8 Å². The van der Waals surface area contributed by atoms with Crippen LogP contribution in [0.1, 0.15) is 11.1 Å². The maximum absolute atomic E-state index is 12.2. The summed E-state index contributed by atoms with van der Waals surface area (Å²) in [5.41, 5.74) is 2.64. The Balaban J connectivity index is 1.84. The van der Waals surface area contributed by atoms with Crippen LogP contribution in [-0.2, 0) is 4.79 Å². The van der Waals surface area contributed by atoms with Gasteiger partial charge >= 0.3 is 0 Å². The number of amides is 1. The summed E-state index contributed by atoms with van der Waals surface area (Å²) in [6, 6.07) is 17.0. The first-order valence-corrected chi connectivity index (χ1v) is 8.42. The van der Waals surface area contributed by atoms with Crippen molar-refractivity contribution in [2.45, 2.75) is 6.92 Å². The zero-order valence-electron chi connectivity index (χ0n) is 13.5. The van der Waals surface area contributed by atoms with E-state index in [9.17, 15) is 4.79 Å². The van der Waals surface area contributed by atoms with E-state index in [1.165, 1.54) is 11.8 Å². The van der Waals surface area contributed by atoms with Gasteiger partial charge in [-0.15, -0.1) is 0 Å². The van der Waals surface area contributed by atoms with E-state index in [0.717, 1.165) is 16.8 Å². The normalized spacial score (nSPS) is 16.7. The fraction of sp³-hybridized carbons (Fsp3) is 0.105. The Morgan fingerprint density at radius 1 is 1.28 bits per heavy atom. The molecule has 0 unspecified atom stereocenters. The van der Waals surface area contributed by atoms with Gasteiger partial charge in [0.05, 0.1) is 10.6 Å². The molecule has 1 heterocycles. The highest BCUT2D eigenvalue weighted by atomic mass is 32.2. The van der Waals surface area contributed by atoms with Crippen molar-refractivity contribution in [1.29, 1.82) is 5.26 Å². The molecule has 124 valence electrons. The second-order valence-corrected chi connectivity index (χ2v) is 6.34. The number of nitrogens with zero attached hydrogens (tertiary/aromatic N) is 2. The van der Waals surface area contributed by atoms with Crippen LogP contribution in [0.15, 0.2) is 58.4 Å². The van der Waals surface area contributed by atoms with Crippen molar-refractivity contribution in [3.8, 4) is 11.8 Å². The Morgan fingerprint density at radius 2 is 2.12 bits per heavy atom. The molecule has 1 N–H and O–H groups in total. The highest BCUT2D eigenvalue weighted by molar-refractivity contribution is 8.18. The van der Waals surface area contributed by atoms with Gasteiger partial charge in [0.15, 0.2) is 11.8 Å². The van der Waals surface area contributed by atoms with Gasteiger partial charge in [-0.2, -0.15) is 5.26 Å². The summed E-state index contributed by atoms with van der Waals surface area (Å²) in [7, 11) is 0. The quantitative estimate of drug-likeness (QED) is 0.852. The number of thioether (sulfide) groups is 1.